The summed E-state index contributed by atoms with van der Waals surface area (Å²) >= 11 is 1.72. The number of nitrogens with one attached hydrogen (secondary N) is 1. The number of hydrogen-bond donors (Lipinski definition) is 1. The highest BCUT2D eigenvalue weighted by atomic mass is 32.1. The second-order valence-electron chi connectivity index (χ2n) is 5.96. The van der Waals surface area contributed by atoms with Crippen LogP contribution in [0.3, 0.4) is 0 Å². The summed E-state index contributed by atoms with van der Waals surface area (Å²) in [7, 11) is 0. The molecule has 6 heteroatoms. The molecule has 5 nitrogen and oxygen atoms in total. The quantitative estimate of drug-likeness (QED) is 0.803. The van der Waals surface area contributed by atoms with Crippen molar-refractivity contribution in [3.63, 3.8) is 0 Å². The van der Waals surface area contributed by atoms with Crippen molar-refractivity contribution in [2.24, 2.45) is 0 Å². The molecule has 1 fully saturated rings. The lowest BCUT2D eigenvalue weighted by Crippen LogP contribution is -2.33. The fourth-order valence-electron chi connectivity index (χ4n) is 3.21. The molecule has 3 aromatic heterocycles. The van der Waals surface area contributed by atoms with Crippen LogP contribution in [0.5, 0.6) is 0 Å². The summed E-state index contributed by atoms with van der Waals surface area (Å²) in [5, 5.41) is 5.59. The highest BCUT2D eigenvalue weighted by Gasteiger charge is 2.13. The molecule has 116 valence electrons. The molecule has 4 heterocycles. The van der Waals surface area contributed by atoms with Gasteiger partial charge in [-0.2, -0.15) is 0 Å². The van der Waals surface area contributed by atoms with Gasteiger partial charge in [0.1, 0.15) is 10.3 Å². The number of aromatic nitrogens is 3. The molecule has 1 aliphatic rings. The first-order valence-corrected chi connectivity index (χ1v) is 8.88. The van der Waals surface area contributed by atoms with E-state index >= 15 is 0 Å². The topological polar surface area (TPSA) is 45.5 Å². The third-order valence-electron chi connectivity index (χ3n) is 4.38. The lowest BCUT2D eigenvalue weighted by atomic mass is 10.1. The maximum atomic E-state index is 4.76. The zero-order valence-corrected chi connectivity index (χ0v) is 13.7. The smallest absolute Gasteiger partial charge is 0.181 e. The number of rotatable bonds is 4. The van der Waals surface area contributed by atoms with Gasteiger partial charge in [0.05, 0.1) is 0 Å². The molecule has 1 aliphatic heterocycles. The minimum Gasteiger partial charge on any atom is -0.366 e. The van der Waals surface area contributed by atoms with Gasteiger partial charge in [0.25, 0.3) is 0 Å². The second-order valence-corrected chi connectivity index (χ2v) is 6.85. The number of likely N-dealkylation sites (tertiary alicyclic amines) is 1. The molecule has 4 rings (SSSR count). The van der Waals surface area contributed by atoms with E-state index in [2.05, 4.69) is 38.0 Å². The van der Waals surface area contributed by atoms with E-state index in [4.69, 9.17) is 4.98 Å². The average Bonchev–Trinajstić information content (AvgIpc) is 3.15. The maximum Gasteiger partial charge on any atom is 0.181 e. The van der Waals surface area contributed by atoms with Crippen LogP contribution in [-0.2, 0) is 0 Å². The van der Waals surface area contributed by atoms with Gasteiger partial charge in [0.15, 0.2) is 11.5 Å². The molecule has 0 radical (unpaired) electrons. The number of fused-ring (bicyclic) bond motifs is 3. The number of anilines is 1. The van der Waals surface area contributed by atoms with Crippen molar-refractivity contribution in [1.29, 1.82) is 0 Å². The molecular formula is C16H21N5S. The Morgan fingerprint density at radius 3 is 3.00 bits per heavy atom. The van der Waals surface area contributed by atoms with Gasteiger partial charge in [0.2, 0.25) is 0 Å². The molecule has 1 N–H and O–H groups in total. The first-order chi connectivity index (χ1) is 10.8. The molecule has 0 atom stereocenters. The van der Waals surface area contributed by atoms with Crippen molar-refractivity contribution in [3.05, 3.63) is 23.3 Å². The molecule has 0 unspecified atom stereocenters. The Hall–Kier alpha value is -1.66. The molecule has 3 aromatic rings. The van der Waals surface area contributed by atoms with E-state index in [1.807, 2.05) is 6.20 Å². The van der Waals surface area contributed by atoms with Crippen molar-refractivity contribution in [3.8, 4) is 0 Å². The highest BCUT2D eigenvalue weighted by molar-refractivity contribution is 7.16. The minimum absolute atomic E-state index is 0.899. The van der Waals surface area contributed by atoms with Crippen LogP contribution in [0.15, 0.2) is 17.6 Å². The number of hydrogen-bond acceptors (Lipinski definition) is 5. The third kappa shape index (κ3) is 2.46. The summed E-state index contributed by atoms with van der Waals surface area (Å²) < 4.78 is 2.20. The van der Waals surface area contributed by atoms with Gasteiger partial charge in [0, 0.05) is 25.0 Å². The van der Waals surface area contributed by atoms with E-state index in [1.54, 1.807) is 11.3 Å². The number of thiophene rings is 1. The summed E-state index contributed by atoms with van der Waals surface area (Å²) in [6.45, 7) is 6.56. The van der Waals surface area contributed by atoms with Crippen molar-refractivity contribution in [2.75, 3.05) is 31.5 Å². The van der Waals surface area contributed by atoms with E-state index < -0.39 is 0 Å². The summed E-state index contributed by atoms with van der Waals surface area (Å²) in [5.41, 5.74) is 3.13. The van der Waals surface area contributed by atoms with E-state index in [0.717, 1.165) is 35.8 Å². The Balaban J connectivity index is 1.57. The van der Waals surface area contributed by atoms with E-state index in [1.165, 1.54) is 37.2 Å². The predicted molar refractivity (Wildman–Crippen MR) is 91.9 cm³/mol. The largest absolute Gasteiger partial charge is 0.366 e. The molecule has 22 heavy (non-hydrogen) atoms. The standard InChI is InChI=1S/C16H21N5S/c1-12-11-18-15-14(17-6-9-20-7-3-2-4-8-20)19-13-5-10-22-16(13)21(12)15/h5,10-11H,2-4,6-9H2,1H3,(H,17,19). The van der Waals surface area contributed by atoms with Gasteiger partial charge < -0.3 is 10.2 Å². The van der Waals surface area contributed by atoms with Crippen molar-refractivity contribution < 1.29 is 0 Å². The normalized spacial score (nSPS) is 16.6. The Morgan fingerprint density at radius 2 is 2.14 bits per heavy atom. The van der Waals surface area contributed by atoms with Crippen LogP contribution in [0.2, 0.25) is 0 Å². The first kappa shape index (κ1) is 14.0. The highest BCUT2D eigenvalue weighted by Crippen LogP contribution is 2.26. The fourth-order valence-corrected chi connectivity index (χ4v) is 4.11. The first-order valence-electron chi connectivity index (χ1n) is 8.00. The SMILES string of the molecule is Cc1cnc2c(NCCN3CCCCC3)nc3ccsc3n12. The van der Waals surface area contributed by atoms with Crippen LogP contribution in [0.25, 0.3) is 16.0 Å². The van der Waals surface area contributed by atoms with Gasteiger partial charge in [-0.1, -0.05) is 6.42 Å². The average molecular weight is 315 g/mol. The van der Waals surface area contributed by atoms with Crippen LogP contribution in [0, 0.1) is 6.92 Å². The minimum atomic E-state index is 0.899. The molecule has 0 bridgehead atoms. The monoisotopic (exact) mass is 315 g/mol. The molecule has 0 amide bonds. The summed E-state index contributed by atoms with van der Waals surface area (Å²) in [6.07, 6.45) is 5.98. The van der Waals surface area contributed by atoms with Crippen molar-refractivity contribution in [1.82, 2.24) is 19.3 Å². The third-order valence-corrected chi connectivity index (χ3v) is 5.27. The Morgan fingerprint density at radius 1 is 1.27 bits per heavy atom. The van der Waals surface area contributed by atoms with Gasteiger partial charge in [-0.25, -0.2) is 9.97 Å². The molecule has 0 saturated carbocycles. The van der Waals surface area contributed by atoms with Crippen LogP contribution < -0.4 is 5.32 Å². The Labute approximate surface area is 134 Å². The van der Waals surface area contributed by atoms with Crippen LogP contribution >= 0.6 is 11.3 Å². The van der Waals surface area contributed by atoms with Gasteiger partial charge in [-0.05, 0) is 44.3 Å². The van der Waals surface area contributed by atoms with E-state index in [-0.39, 0.29) is 0 Å². The molecule has 1 saturated heterocycles. The van der Waals surface area contributed by atoms with Crippen molar-refractivity contribution in [2.45, 2.75) is 26.2 Å². The molecular weight excluding hydrogens is 294 g/mol. The maximum absolute atomic E-state index is 4.76. The van der Waals surface area contributed by atoms with E-state index in [9.17, 15) is 0 Å². The number of imidazole rings is 1. The van der Waals surface area contributed by atoms with Gasteiger partial charge in [-0.3, -0.25) is 4.40 Å². The lowest BCUT2D eigenvalue weighted by Gasteiger charge is -2.26. The lowest BCUT2D eigenvalue weighted by molar-refractivity contribution is 0.237. The fraction of sp³-hybridized carbons (Fsp3) is 0.500. The summed E-state index contributed by atoms with van der Waals surface area (Å²) in [4.78, 5) is 13.0. The van der Waals surface area contributed by atoms with Crippen molar-refractivity contribution >= 4 is 33.1 Å². The number of piperidine rings is 1. The molecule has 0 aromatic carbocycles. The Kier molecular flexibility index (Phi) is 3.72. The second kappa shape index (κ2) is 5.85. The zero-order chi connectivity index (χ0) is 14.9. The van der Waals surface area contributed by atoms with Crippen LogP contribution in [-0.4, -0.2) is 45.4 Å². The van der Waals surface area contributed by atoms with Crippen LogP contribution in [0.4, 0.5) is 5.82 Å². The summed E-state index contributed by atoms with van der Waals surface area (Å²) in [6, 6.07) is 2.08. The predicted octanol–water partition coefficient (Wildman–Crippen LogP) is 3.15. The Bertz CT molecular complexity index is 784. The van der Waals surface area contributed by atoms with E-state index in [0.29, 0.717) is 0 Å². The summed E-state index contributed by atoms with van der Waals surface area (Å²) in [5.74, 6) is 0.899. The van der Waals surface area contributed by atoms with Gasteiger partial charge >= 0.3 is 0 Å². The molecule has 0 spiro atoms. The number of nitrogens with zero attached hydrogens (tertiary/aromatic N) is 4. The zero-order valence-electron chi connectivity index (χ0n) is 12.9. The molecule has 0 aliphatic carbocycles. The number of aryl methyl sites for hydroxylation is 1. The van der Waals surface area contributed by atoms with Crippen LogP contribution in [0.1, 0.15) is 25.0 Å². The van der Waals surface area contributed by atoms with Gasteiger partial charge in [-0.15, -0.1) is 11.3 Å².